The summed E-state index contributed by atoms with van der Waals surface area (Å²) < 4.78 is 5.03. The molecule has 0 saturated carbocycles. The molecule has 0 bridgehead atoms. The lowest BCUT2D eigenvalue weighted by Gasteiger charge is -1.92. The third-order valence-electron chi connectivity index (χ3n) is 2.18. The second-order valence-electron chi connectivity index (χ2n) is 3.33. The van der Waals surface area contributed by atoms with Crippen molar-refractivity contribution < 1.29 is 9.21 Å². The molecule has 2 heterocycles. The Morgan fingerprint density at radius 1 is 1.53 bits per heavy atom. The van der Waals surface area contributed by atoms with Crippen molar-refractivity contribution in [3.63, 3.8) is 0 Å². The summed E-state index contributed by atoms with van der Waals surface area (Å²) in [5.74, 6) is 0.384. The molecule has 78 valence electrons. The molecular weight excluding hydrogens is 210 g/mol. The fraction of sp³-hybridized carbons (Fsp3) is 0.273. The highest BCUT2D eigenvalue weighted by molar-refractivity contribution is 7.11. The molecule has 2 aromatic rings. The van der Waals surface area contributed by atoms with Gasteiger partial charge in [-0.3, -0.25) is 4.79 Å². The molecule has 0 saturated heterocycles. The van der Waals surface area contributed by atoms with Crippen LogP contribution in [0.25, 0.3) is 0 Å². The van der Waals surface area contributed by atoms with Crippen LogP contribution >= 0.6 is 11.3 Å². The summed E-state index contributed by atoms with van der Waals surface area (Å²) in [7, 11) is 0. The van der Waals surface area contributed by atoms with Gasteiger partial charge in [-0.05, 0) is 26.0 Å². The van der Waals surface area contributed by atoms with Crippen molar-refractivity contribution in [2.45, 2.75) is 20.3 Å². The van der Waals surface area contributed by atoms with Crippen LogP contribution in [0.3, 0.4) is 0 Å². The SMILES string of the molecule is Cc1nc(CC(=O)c2ccco2)sc1C. The van der Waals surface area contributed by atoms with Gasteiger partial charge in [-0.2, -0.15) is 0 Å². The van der Waals surface area contributed by atoms with Gasteiger partial charge in [0.05, 0.1) is 18.4 Å². The molecule has 4 heteroatoms. The lowest BCUT2D eigenvalue weighted by atomic mass is 10.2. The number of aryl methyl sites for hydroxylation is 2. The van der Waals surface area contributed by atoms with E-state index in [-0.39, 0.29) is 5.78 Å². The number of hydrogen-bond donors (Lipinski definition) is 0. The zero-order chi connectivity index (χ0) is 10.8. The highest BCUT2D eigenvalue weighted by atomic mass is 32.1. The summed E-state index contributed by atoms with van der Waals surface area (Å²) >= 11 is 1.57. The maximum Gasteiger partial charge on any atom is 0.204 e. The van der Waals surface area contributed by atoms with Crippen molar-refractivity contribution in [3.05, 3.63) is 39.7 Å². The Morgan fingerprint density at radius 2 is 2.33 bits per heavy atom. The van der Waals surface area contributed by atoms with Gasteiger partial charge >= 0.3 is 0 Å². The molecule has 0 atom stereocenters. The van der Waals surface area contributed by atoms with E-state index < -0.39 is 0 Å². The highest BCUT2D eigenvalue weighted by Gasteiger charge is 2.12. The lowest BCUT2D eigenvalue weighted by molar-refractivity contribution is 0.0966. The quantitative estimate of drug-likeness (QED) is 0.748. The maximum atomic E-state index is 11.7. The van der Waals surface area contributed by atoms with Crippen LogP contribution in [-0.2, 0) is 6.42 Å². The minimum absolute atomic E-state index is 0.0197. The first kappa shape index (κ1) is 10.1. The third kappa shape index (κ3) is 2.15. The van der Waals surface area contributed by atoms with Crippen molar-refractivity contribution in [1.29, 1.82) is 0 Å². The number of Topliss-reactive ketones (excluding diaryl/α,β-unsaturated/α-hetero) is 1. The number of hydrogen-bond acceptors (Lipinski definition) is 4. The van der Waals surface area contributed by atoms with Gasteiger partial charge < -0.3 is 4.42 Å². The number of furan rings is 1. The summed E-state index contributed by atoms with van der Waals surface area (Å²) in [5, 5.41) is 0.853. The molecule has 0 aromatic carbocycles. The van der Waals surface area contributed by atoms with Gasteiger partial charge in [0, 0.05) is 4.88 Å². The Labute approximate surface area is 91.8 Å². The van der Waals surface area contributed by atoms with E-state index in [4.69, 9.17) is 4.42 Å². The lowest BCUT2D eigenvalue weighted by Crippen LogP contribution is -2.01. The second kappa shape index (κ2) is 3.98. The smallest absolute Gasteiger partial charge is 0.204 e. The van der Waals surface area contributed by atoms with E-state index in [1.165, 1.54) is 6.26 Å². The molecular formula is C11H11NO2S. The molecule has 2 aromatic heterocycles. The average molecular weight is 221 g/mol. The molecule has 0 spiro atoms. The number of carbonyl (C=O) groups excluding carboxylic acids is 1. The van der Waals surface area contributed by atoms with Crippen LogP contribution in [0.4, 0.5) is 0 Å². The van der Waals surface area contributed by atoms with Gasteiger partial charge in [0.15, 0.2) is 5.76 Å². The normalized spacial score (nSPS) is 10.5. The summed E-state index contributed by atoms with van der Waals surface area (Å²) in [4.78, 5) is 17.1. The van der Waals surface area contributed by atoms with Crippen LogP contribution < -0.4 is 0 Å². The molecule has 0 aliphatic carbocycles. The van der Waals surface area contributed by atoms with Crippen LogP contribution in [-0.4, -0.2) is 10.8 Å². The van der Waals surface area contributed by atoms with Gasteiger partial charge in [-0.1, -0.05) is 0 Å². The Kier molecular flexibility index (Phi) is 2.68. The molecule has 0 fully saturated rings. The number of aromatic nitrogens is 1. The number of ketones is 1. The maximum absolute atomic E-state index is 11.7. The predicted octanol–water partition coefficient (Wildman–Crippen LogP) is 2.78. The Morgan fingerprint density at radius 3 is 2.87 bits per heavy atom. The second-order valence-corrected chi connectivity index (χ2v) is 4.61. The van der Waals surface area contributed by atoms with Gasteiger partial charge in [0.25, 0.3) is 0 Å². The van der Waals surface area contributed by atoms with E-state index in [9.17, 15) is 4.79 Å². The van der Waals surface area contributed by atoms with Crippen molar-refractivity contribution in [2.24, 2.45) is 0 Å². The Balaban J connectivity index is 2.13. The fourth-order valence-corrected chi connectivity index (χ4v) is 2.21. The minimum Gasteiger partial charge on any atom is -0.461 e. The zero-order valence-corrected chi connectivity index (χ0v) is 9.43. The van der Waals surface area contributed by atoms with Gasteiger partial charge in [0.1, 0.15) is 5.01 Å². The monoisotopic (exact) mass is 221 g/mol. The number of carbonyl (C=O) groups is 1. The van der Waals surface area contributed by atoms with Gasteiger partial charge in [-0.25, -0.2) is 4.98 Å². The zero-order valence-electron chi connectivity index (χ0n) is 8.61. The van der Waals surface area contributed by atoms with Gasteiger partial charge in [0.2, 0.25) is 5.78 Å². The molecule has 0 radical (unpaired) electrons. The fourth-order valence-electron chi connectivity index (χ4n) is 1.28. The van der Waals surface area contributed by atoms with Crippen molar-refractivity contribution in [3.8, 4) is 0 Å². The number of rotatable bonds is 3. The van der Waals surface area contributed by atoms with Crippen LogP contribution in [0.1, 0.15) is 26.1 Å². The van der Waals surface area contributed by atoms with Crippen molar-refractivity contribution in [2.75, 3.05) is 0 Å². The molecule has 0 N–H and O–H groups in total. The molecule has 0 aliphatic heterocycles. The van der Waals surface area contributed by atoms with E-state index in [1.807, 2.05) is 13.8 Å². The predicted molar refractivity (Wildman–Crippen MR) is 58.3 cm³/mol. The molecule has 15 heavy (non-hydrogen) atoms. The summed E-state index contributed by atoms with van der Waals surface area (Å²) in [6.45, 7) is 3.96. The molecule has 0 amide bonds. The summed E-state index contributed by atoms with van der Waals surface area (Å²) in [6.07, 6.45) is 1.83. The first-order chi connectivity index (χ1) is 7.16. The van der Waals surface area contributed by atoms with E-state index >= 15 is 0 Å². The van der Waals surface area contributed by atoms with Crippen molar-refractivity contribution >= 4 is 17.1 Å². The summed E-state index contributed by atoms with van der Waals surface area (Å²) in [6, 6.07) is 3.39. The first-order valence-electron chi connectivity index (χ1n) is 4.66. The summed E-state index contributed by atoms with van der Waals surface area (Å²) in [5.41, 5.74) is 1.00. The average Bonchev–Trinajstić information content (AvgIpc) is 2.77. The number of nitrogens with zero attached hydrogens (tertiary/aromatic N) is 1. The first-order valence-corrected chi connectivity index (χ1v) is 5.48. The van der Waals surface area contributed by atoms with E-state index in [2.05, 4.69) is 4.98 Å². The molecule has 2 rings (SSSR count). The van der Waals surface area contributed by atoms with E-state index in [0.717, 1.165) is 15.6 Å². The Bertz CT molecular complexity index is 451. The number of thiazole rings is 1. The standard InChI is InChI=1S/C11H11NO2S/c1-7-8(2)15-11(12-7)6-9(13)10-4-3-5-14-10/h3-5H,6H2,1-2H3. The van der Waals surface area contributed by atoms with Crippen LogP contribution in [0.15, 0.2) is 22.8 Å². The van der Waals surface area contributed by atoms with Crippen molar-refractivity contribution in [1.82, 2.24) is 4.98 Å². The van der Waals surface area contributed by atoms with E-state index in [1.54, 1.807) is 23.5 Å². The van der Waals surface area contributed by atoms with Gasteiger partial charge in [-0.15, -0.1) is 11.3 Å². The minimum atomic E-state index is -0.0197. The van der Waals surface area contributed by atoms with Crippen LogP contribution in [0, 0.1) is 13.8 Å². The Hall–Kier alpha value is -1.42. The highest BCUT2D eigenvalue weighted by Crippen LogP contribution is 2.18. The third-order valence-corrected chi connectivity index (χ3v) is 3.25. The molecule has 0 unspecified atom stereocenters. The largest absolute Gasteiger partial charge is 0.461 e. The molecule has 0 aliphatic rings. The van der Waals surface area contributed by atoms with Crippen LogP contribution in [0.2, 0.25) is 0 Å². The van der Waals surface area contributed by atoms with E-state index in [0.29, 0.717) is 12.2 Å². The van der Waals surface area contributed by atoms with Crippen LogP contribution in [0.5, 0.6) is 0 Å². The molecule has 3 nitrogen and oxygen atoms in total. The topological polar surface area (TPSA) is 43.1 Å².